The third-order valence-corrected chi connectivity index (χ3v) is 2.14. The number of esters is 1. The van der Waals surface area contributed by atoms with Crippen LogP contribution >= 0.6 is 0 Å². The first-order chi connectivity index (χ1) is 7.06. The number of carbonyl (C=O) groups is 2. The van der Waals surface area contributed by atoms with Crippen LogP contribution in [0.4, 0.5) is 0 Å². The Morgan fingerprint density at radius 3 is 2.33 bits per heavy atom. The summed E-state index contributed by atoms with van der Waals surface area (Å²) >= 11 is 0. The minimum absolute atomic E-state index is 0.152. The van der Waals surface area contributed by atoms with Crippen molar-refractivity contribution < 1.29 is 19.4 Å². The lowest BCUT2D eigenvalue weighted by Crippen LogP contribution is -2.05. The quantitative estimate of drug-likeness (QED) is 0.624. The number of carbonyl (C=O) groups excluding carboxylic acids is 2. The van der Waals surface area contributed by atoms with Gasteiger partial charge in [0.05, 0.1) is 13.2 Å². The van der Waals surface area contributed by atoms with Gasteiger partial charge in [0.2, 0.25) is 0 Å². The Bertz CT molecular complexity index is 199. The van der Waals surface area contributed by atoms with Crippen LogP contribution in [0.15, 0.2) is 0 Å². The smallest absolute Gasteiger partial charge is 0.305 e. The molecule has 0 heterocycles. The molecular formula is C11H20O4. The van der Waals surface area contributed by atoms with Gasteiger partial charge >= 0.3 is 5.97 Å². The number of Topliss-reactive ketones (excluding diaryl/α,β-unsaturated/α-hetero) is 1. The topological polar surface area (TPSA) is 63.6 Å². The predicted octanol–water partition coefficient (Wildman–Crippen LogP) is 1.45. The van der Waals surface area contributed by atoms with E-state index in [0.29, 0.717) is 38.5 Å². The minimum atomic E-state index is -0.340. The van der Waals surface area contributed by atoms with Crippen LogP contribution in [0.2, 0.25) is 0 Å². The zero-order chi connectivity index (χ0) is 11.7. The van der Waals surface area contributed by atoms with Gasteiger partial charge in [-0.2, -0.15) is 0 Å². The van der Waals surface area contributed by atoms with E-state index in [2.05, 4.69) is 4.74 Å². The van der Waals surface area contributed by atoms with Gasteiger partial charge in [-0.3, -0.25) is 9.59 Å². The second-order valence-corrected chi connectivity index (χ2v) is 3.71. The third-order valence-electron chi connectivity index (χ3n) is 2.14. The van der Waals surface area contributed by atoms with Gasteiger partial charge in [0.1, 0.15) is 5.78 Å². The maximum absolute atomic E-state index is 11.3. The van der Waals surface area contributed by atoms with Crippen molar-refractivity contribution in [1.82, 2.24) is 0 Å². The van der Waals surface area contributed by atoms with E-state index in [0.717, 1.165) is 0 Å². The molecule has 1 atom stereocenters. The molecule has 0 aliphatic rings. The van der Waals surface area contributed by atoms with Gasteiger partial charge in [-0.25, -0.2) is 0 Å². The van der Waals surface area contributed by atoms with Crippen molar-refractivity contribution in [3.8, 4) is 0 Å². The molecule has 0 rings (SSSR count). The van der Waals surface area contributed by atoms with Crippen LogP contribution in [0.3, 0.4) is 0 Å². The molecule has 0 aliphatic heterocycles. The molecule has 15 heavy (non-hydrogen) atoms. The number of ether oxygens (including phenoxy) is 1. The Hall–Kier alpha value is -0.900. The van der Waals surface area contributed by atoms with Crippen LogP contribution in [0.5, 0.6) is 0 Å². The van der Waals surface area contributed by atoms with Crippen LogP contribution in [0.25, 0.3) is 0 Å². The summed E-state index contributed by atoms with van der Waals surface area (Å²) in [7, 11) is 1.34. The monoisotopic (exact) mass is 216 g/mol. The van der Waals surface area contributed by atoms with Crippen molar-refractivity contribution in [2.45, 2.75) is 51.6 Å². The summed E-state index contributed by atoms with van der Waals surface area (Å²) in [4.78, 5) is 22.0. The van der Waals surface area contributed by atoms with Crippen LogP contribution in [0.1, 0.15) is 45.4 Å². The molecule has 0 bridgehead atoms. The SMILES string of the molecule is COC(=O)CCCC(=O)CCCC(C)O. The molecule has 88 valence electrons. The number of aliphatic hydroxyl groups excluding tert-OH is 1. The number of hydrogen-bond donors (Lipinski definition) is 1. The molecule has 1 N–H and O–H groups in total. The largest absolute Gasteiger partial charge is 0.469 e. The highest BCUT2D eigenvalue weighted by molar-refractivity contribution is 5.79. The minimum Gasteiger partial charge on any atom is -0.469 e. The number of hydrogen-bond acceptors (Lipinski definition) is 4. The first kappa shape index (κ1) is 14.1. The summed E-state index contributed by atoms with van der Waals surface area (Å²) in [5.41, 5.74) is 0. The van der Waals surface area contributed by atoms with E-state index in [1.165, 1.54) is 7.11 Å². The molecule has 0 aromatic heterocycles. The van der Waals surface area contributed by atoms with Crippen LogP contribution in [-0.2, 0) is 14.3 Å². The highest BCUT2D eigenvalue weighted by Gasteiger charge is 2.05. The Morgan fingerprint density at radius 2 is 1.80 bits per heavy atom. The molecule has 4 nitrogen and oxygen atoms in total. The van der Waals surface area contributed by atoms with E-state index in [4.69, 9.17) is 5.11 Å². The maximum atomic E-state index is 11.3. The van der Waals surface area contributed by atoms with E-state index in [1.807, 2.05) is 0 Å². The third kappa shape index (κ3) is 9.41. The van der Waals surface area contributed by atoms with Gasteiger partial charge < -0.3 is 9.84 Å². The average molecular weight is 216 g/mol. The Balaban J connectivity index is 3.37. The molecule has 4 heteroatoms. The Morgan fingerprint density at radius 1 is 1.20 bits per heavy atom. The second-order valence-electron chi connectivity index (χ2n) is 3.71. The summed E-state index contributed by atoms with van der Waals surface area (Å²) in [6, 6.07) is 0. The summed E-state index contributed by atoms with van der Waals surface area (Å²) < 4.78 is 4.46. The molecule has 0 radical (unpaired) electrons. The predicted molar refractivity (Wildman–Crippen MR) is 56.4 cm³/mol. The maximum Gasteiger partial charge on any atom is 0.305 e. The van der Waals surface area contributed by atoms with Gasteiger partial charge in [0, 0.05) is 19.3 Å². The molecule has 1 unspecified atom stereocenters. The second kappa shape index (κ2) is 8.41. The van der Waals surface area contributed by atoms with Gasteiger partial charge in [0.25, 0.3) is 0 Å². The van der Waals surface area contributed by atoms with Crippen molar-refractivity contribution in [1.29, 1.82) is 0 Å². The van der Waals surface area contributed by atoms with Gasteiger partial charge in [-0.05, 0) is 26.2 Å². The molecular weight excluding hydrogens is 196 g/mol. The van der Waals surface area contributed by atoms with E-state index in [9.17, 15) is 9.59 Å². The summed E-state index contributed by atoms with van der Waals surface area (Å²) in [5.74, 6) is -0.119. The molecule has 0 aromatic carbocycles. The van der Waals surface area contributed by atoms with Crippen LogP contribution in [-0.4, -0.2) is 30.1 Å². The lowest BCUT2D eigenvalue weighted by Gasteiger charge is -2.03. The van der Waals surface area contributed by atoms with Crippen molar-refractivity contribution in [2.75, 3.05) is 7.11 Å². The number of ketones is 1. The number of methoxy groups -OCH3 is 1. The van der Waals surface area contributed by atoms with Crippen molar-refractivity contribution >= 4 is 11.8 Å². The molecule has 0 saturated heterocycles. The van der Waals surface area contributed by atoms with Crippen molar-refractivity contribution in [3.05, 3.63) is 0 Å². The fourth-order valence-electron chi connectivity index (χ4n) is 1.25. The summed E-state index contributed by atoms with van der Waals surface area (Å²) in [6.07, 6.45) is 2.81. The first-order valence-electron chi connectivity index (χ1n) is 5.33. The van der Waals surface area contributed by atoms with Crippen LogP contribution in [0, 0.1) is 0 Å². The van der Waals surface area contributed by atoms with E-state index >= 15 is 0 Å². The van der Waals surface area contributed by atoms with E-state index in [-0.39, 0.29) is 17.9 Å². The van der Waals surface area contributed by atoms with E-state index in [1.54, 1.807) is 6.92 Å². The molecule has 0 aliphatic carbocycles. The highest BCUT2D eigenvalue weighted by Crippen LogP contribution is 2.06. The Kier molecular flexibility index (Phi) is 7.91. The Labute approximate surface area is 90.6 Å². The normalized spacial score (nSPS) is 12.2. The summed E-state index contributed by atoms with van der Waals surface area (Å²) in [6.45, 7) is 1.71. The van der Waals surface area contributed by atoms with E-state index < -0.39 is 0 Å². The van der Waals surface area contributed by atoms with Crippen molar-refractivity contribution in [2.24, 2.45) is 0 Å². The average Bonchev–Trinajstić information content (AvgIpc) is 2.17. The van der Waals surface area contributed by atoms with Gasteiger partial charge in [-0.1, -0.05) is 0 Å². The molecule has 0 amide bonds. The van der Waals surface area contributed by atoms with Crippen molar-refractivity contribution in [3.63, 3.8) is 0 Å². The summed E-state index contributed by atoms with van der Waals surface area (Å²) in [5, 5.41) is 8.97. The zero-order valence-corrected chi connectivity index (χ0v) is 9.49. The van der Waals surface area contributed by atoms with Gasteiger partial charge in [-0.15, -0.1) is 0 Å². The lowest BCUT2D eigenvalue weighted by atomic mass is 10.1. The van der Waals surface area contributed by atoms with Gasteiger partial charge in [0.15, 0.2) is 0 Å². The molecule has 0 aromatic rings. The molecule has 0 fully saturated rings. The van der Waals surface area contributed by atoms with Crippen LogP contribution < -0.4 is 0 Å². The fourth-order valence-corrected chi connectivity index (χ4v) is 1.25. The number of rotatable bonds is 8. The number of aliphatic hydroxyl groups is 1. The molecule has 0 spiro atoms. The highest BCUT2D eigenvalue weighted by atomic mass is 16.5. The lowest BCUT2D eigenvalue weighted by molar-refractivity contribution is -0.140. The molecule has 0 saturated carbocycles. The zero-order valence-electron chi connectivity index (χ0n) is 9.49. The standard InChI is InChI=1S/C11H20O4/c1-9(12)5-3-6-10(13)7-4-8-11(14)15-2/h9,12H,3-8H2,1-2H3. The first-order valence-corrected chi connectivity index (χ1v) is 5.33. The fraction of sp³-hybridized carbons (Fsp3) is 0.818.